The van der Waals surface area contributed by atoms with E-state index in [4.69, 9.17) is 9.26 Å². The molecule has 0 saturated carbocycles. The molecule has 3 heterocycles. The summed E-state index contributed by atoms with van der Waals surface area (Å²) in [4.78, 5) is 28.8. The molecule has 0 saturated heterocycles. The maximum absolute atomic E-state index is 12.0. The van der Waals surface area contributed by atoms with Gasteiger partial charge in [-0.1, -0.05) is 23.4 Å². The van der Waals surface area contributed by atoms with Gasteiger partial charge < -0.3 is 9.26 Å². The average Bonchev–Trinajstić information content (AvgIpc) is 3.18. The van der Waals surface area contributed by atoms with Crippen molar-refractivity contribution in [2.75, 3.05) is 5.75 Å². The van der Waals surface area contributed by atoms with Gasteiger partial charge in [-0.25, -0.2) is 4.98 Å². The predicted molar refractivity (Wildman–Crippen MR) is 98.4 cm³/mol. The lowest BCUT2D eigenvalue weighted by Gasteiger charge is -2.04. The van der Waals surface area contributed by atoms with Crippen molar-refractivity contribution in [3.8, 4) is 0 Å². The van der Waals surface area contributed by atoms with Crippen molar-refractivity contribution in [2.45, 2.75) is 39.6 Å². The summed E-state index contributed by atoms with van der Waals surface area (Å²) in [6.07, 6.45) is 0.736. The normalized spacial score (nSPS) is 11.2. The van der Waals surface area contributed by atoms with Gasteiger partial charge in [-0.3, -0.25) is 9.59 Å². The minimum atomic E-state index is -0.359. The molecule has 0 N–H and O–H groups in total. The molecule has 0 bridgehead atoms. The van der Waals surface area contributed by atoms with Crippen LogP contribution in [0.2, 0.25) is 0 Å². The molecule has 0 fully saturated rings. The first-order valence-corrected chi connectivity index (χ1v) is 9.98. The molecular formula is C16H18N4O4S2. The van der Waals surface area contributed by atoms with Gasteiger partial charge in [-0.15, -0.1) is 11.8 Å². The molecule has 3 rings (SSSR count). The van der Waals surface area contributed by atoms with Crippen LogP contribution in [-0.2, 0) is 28.3 Å². The second kappa shape index (κ2) is 8.00. The lowest BCUT2D eigenvalue weighted by atomic mass is 10.2. The predicted octanol–water partition coefficient (Wildman–Crippen LogP) is 2.29. The number of ether oxygens (including phenoxy) is 1. The number of carbonyl (C=O) groups excluding carboxylic acids is 1. The standard InChI is InChI=1S/C16H18N4O4S2/c1-4-13-18-20-14(21)5-11(17-16(20)26-13)6-23-15(22)8-25-7-12-9(2)19-24-10(12)3/h5H,4,6-8H2,1-3H3. The molecule has 8 nitrogen and oxygen atoms in total. The molecular weight excluding hydrogens is 376 g/mol. The van der Waals surface area contributed by atoms with Crippen LogP contribution < -0.4 is 5.56 Å². The average molecular weight is 394 g/mol. The van der Waals surface area contributed by atoms with Crippen molar-refractivity contribution in [1.82, 2.24) is 19.8 Å². The Labute approximate surface area is 157 Å². The molecule has 0 aliphatic carbocycles. The quantitative estimate of drug-likeness (QED) is 0.563. The molecule has 0 spiro atoms. The van der Waals surface area contributed by atoms with Crippen LogP contribution in [0.15, 0.2) is 15.4 Å². The Morgan fingerprint density at radius 1 is 1.42 bits per heavy atom. The maximum atomic E-state index is 12.0. The zero-order chi connectivity index (χ0) is 18.7. The van der Waals surface area contributed by atoms with Crippen LogP contribution in [0.1, 0.15) is 34.6 Å². The second-order valence-corrected chi connectivity index (χ2v) is 7.61. The molecule has 138 valence electrons. The monoisotopic (exact) mass is 394 g/mol. The number of hydrogen-bond donors (Lipinski definition) is 0. The number of carbonyl (C=O) groups is 1. The van der Waals surface area contributed by atoms with Crippen molar-refractivity contribution in [1.29, 1.82) is 0 Å². The van der Waals surface area contributed by atoms with Crippen molar-refractivity contribution < 1.29 is 14.1 Å². The Hall–Kier alpha value is -2.20. The van der Waals surface area contributed by atoms with E-state index in [0.717, 1.165) is 28.4 Å². The van der Waals surface area contributed by atoms with Gasteiger partial charge in [0.2, 0.25) is 4.96 Å². The zero-order valence-corrected chi connectivity index (χ0v) is 16.3. The van der Waals surface area contributed by atoms with Gasteiger partial charge in [0.25, 0.3) is 5.56 Å². The van der Waals surface area contributed by atoms with Crippen LogP contribution in [0.3, 0.4) is 0 Å². The number of nitrogens with zero attached hydrogens (tertiary/aromatic N) is 4. The van der Waals surface area contributed by atoms with Gasteiger partial charge in [0, 0.05) is 17.4 Å². The van der Waals surface area contributed by atoms with E-state index < -0.39 is 0 Å². The fourth-order valence-electron chi connectivity index (χ4n) is 2.25. The number of fused-ring (bicyclic) bond motifs is 1. The van der Waals surface area contributed by atoms with Gasteiger partial charge in [-0.05, 0) is 20.3 Å². The third-order valence-electron chi connectivity index (χ3n) is 3.67. The van der Waals surface area contributed by atoms with E-state index in [9.17, 15) is 9.59 Å². The number of esters is 1. The number of aromatic nitrogens is 4. The van der Waals surface area contributed by atoms with Crippen LogP contribution in [0.4, 0.5) is 0 Å². The summed E-state index contributed by atoms with van der Waals surface area (Å²) < 4.78 is 11.6. The Bertz CT molecular complexity index is 972. The van der Waals surface area contributed by atoms with E-state index in [1.54, 1.807) is 0 Å². The summed E-state index contributed by atoms with van der Waals surface area (Å²) >= 11 is 2.78. The van der Waals surface area contributed by atoms with E-state index in [1.165, 1.54) is 33.7 Å². The van der Waals surface area contributed by atoms with Crippen LogP contribution in [0.25, 0.3) is 4.96 Å². The molecule has 0 aliphatic heterocycles. The fraction of sp³-hybridized carbons (Fsp3) is 0.438. The van der Waals surface area contributed by atoms with Crippen LogP contribution >= 0.6 is 23.1 Å². The summed E-state index contributed by atoms with van der Waals surface area (Å²) in [7, 11) is 0. The summed E-state index contributed by atoms with van der Waals surface area (Å²) in [5.74, 6) is 1.23. The van der Waals surface area contributed by atoms with E-state index >= 15 is 0 Å². The number of thioether (sulfide) groups is 1. The molecule has 0 unspecified atom stereocenters. The lowest BCUT2D eigenvalue weighted by Crippen LogP contribution is -2.17. The molecule has 10 heteroatoms. The Morgan fingerprint density at radius 3 is 2.92 bits per heavy atom. The minimum Gasteiger partial charge on any atom is -0.459 e. The zero-order valence-electron chi connectivity index (χ0n) is 14.6. The largest absolute Gasteiger partial charge is 0.459 e. The fourth-order valence-corrected chi connectivity index (χ4v) is 4.08. The Morgan fingerprint density at radius 2 is 2.23 bits per heavy atom. The van der Waals surface area contributed by atoms with Crippen LogP contribution in [-0.4, -0.2) is 31.5 Å². The van der Waals surface area contributed by atoms with E-state index in [2.05, 4.69) is 15.2 Å². The highest BCUT2D eigenvalue weighted by Crippen LogP contribution is 2.19. The summed E-state index contributed by atoms with van der Waals surface area (Å²) in [5, 5.41) is 8.90. The summed E-state index contributed by atoms with van der Waals surface area (Å²) in [5.41, 5.74) is 1.98. The number of rotatable bonds is 7. The summed E-state index contributed by atoms with van der Waals surface area (Å²) in [6.45, 7) is 5.65. The molecule has 0 amide bonds. The second-order valence-electron chi connectivity index (χ2n) is 5.59. The molecule has 3 aromatic heterocycles. The smallest absolute Gasteiger partial charge is 0.316 e. The molecule has 0 atom stereocenters. The van der Waals surface area contributed by atoms with Crippen LogP contribution in [0, 0.1) is 13.8 Å². The van der Waals surface area contributed by atoms with Crippen LogP contribution in [0.5, 0.6) is 0 Å². The first-order valence-electron chi connectivity index (χ1n) is 8.01. The van der Waals surface area contributed by atoms with E-state index in [0.29, 0.717) is 16.4 Å². The SMILES string of the molecule is CCc1nn2c(=O)cc(COC(=O)CSCc3c(C)noc3C)nc2s1. The van der Waals surface area contributed by atoms with E-state index in [1.807, 2.05) is 20.8 Å². The highest BCUT2D eigenvalue weighted by Gasteiger charge is 2.12. The van der Waals surface area contributed by atoms with Gasteiger partial charge in [0.05, 0.1) is 17.1 Å². The number of hydrogen-bond acceptors (Lipinski definition) is 9. The topological polar surface area (TPSA) is 99.6 Å². The lowest BCUT2D eigenvalue weighted by molar-refractivity contribution is -0.141. The molecule has 0 radical (unpaired) electrons. The van der Waals surface area contributed by atoms with Crippen molar-refractivity contribution in [2.24, 2.45) is 0 Å². The minimum absolute atomic E-state index is 0.0319. The Balaban J connectivity index is 1.54. The number of aryl methyl sites for hydroxylation is 3. The molecule has 0 aliphatic rings. The van der Waals surface area contributed by atoms with Gasteiger partial charge in [0.1, 0.15) is 17.4 Å². The Kier molecular flexibility index (Phi) is 5.72. The highest BCUT2D eigenvalue weighted by atomic mass is 32.2. The van der Waals surface area contributed by atoms with Gasteiger partial charge >= 0.3 is 5.97 Å². The van der Waals surface area contributed by atoms with Crippen molar-refractivity contribution in [3.63, 3.8) is 0 Å². The third kappa shape index (κ3) is 4.13. The molecule has 3 aromatic rings. The van der Waals surface area contributed by atoms with E-state index in [-0.39, 0.29) is 23.9 Å². The maximum Gasteiger partial charge on any atom is 0.316 e. The van der Waals surface area contributed by atoms with Crippen molar-refractivity contribution >= 4 is 34.0 Å². The molecule has 0 aromatic carbocycles. The molecule has 26 heavy (non-hydrogen) atoms. The first-order chi connectivity index (χ1) is 12.5. The van der Waals surface area contributed by atoms with Gasteiger partial charge in [0.15, 0.2) is 0 Å². The first kappa shape index (κ1) is 18.6. The van der Waals surface area contributed by atoms with Gasteiger partial charge in [-0.2, -0.15) is 9.61 Å². The third-order valence-corrected chi connectivity index (χ3v) is 5.66. The summed E-state index contributed by atoms with van der Waals surface area (Å²) in [6, 6.07) is 1.34. The van der Waals surface area contributed by atoms with Crippen molar-refractivity contribution in [3.05, 3.63) is 44.1 Å². The highest BCUT2D eigenvalue weighted by molar-refractivity contribution is 7.99.